The average molecular weight is 465 g/mol. The van der Waals surface area contributed by atoms with Crippen LogP contribution >= 0.6 is 24.0 Å². The van der Waals surface area contributed by atoms with Gasteiger partial charge in [-0.2, -0.15) is 0 Å². The van der Waals surface area contributed by atoms with Crippen LogP contribution in [0.2, 0.25) is 0 Å². The molecular formula is C21H28IN3O. The van der Waals surface area contributed by atoms with E-state index < -0.39 is 0 Å². The fourth-order valence-corrected chi connectivity index (χ4v) is 3.21. The van der Waals surface area contributed by atoms with E-state index in [4.69, 9.17) is 4.74 Å². The van der Waals surface area contributed by atoms with Gasteiger partial charge in [0, 0.05) is 26.1 Å². The third-order valence-corrected chi connectivity index (χ3v) is 4.60. The van der Waals surface area contributed by atoms with E-state index in [2.05, 4.69) is 64.2 Å². The highest BCUT2D eigenvalue weighted by Gasteiger charge is 2.20. The number of fused-ring (bicyclic) bond motifs is 1. The lowest BCUT2D eigenvalue weighted by molar-refractivity contribution is 0.267. The van der Waals surface area contributed by atoms with Crippen LogP contribution in [0.1, 0.15) is 29.9 Å². The van der Waals surface area contributed by atoms with E-state index in [0.717, 1.165) is 50.7 Å². The summed E-state index contributed by atoms with van der Waals surface area (Å²) in [5.41, 5.74) is 2.67. The quantitative estimate of drug-likeness (QED) is 0.294. The molecule has 0 fully saturated rings. The molecule has 5 heteroatoms. The predicted molar refractivity (Wildman–Crippen MR) is 119 cm³/mol. The second-order valence-corrected chi connectivity index (χ2v) is 6.34. The van der Waals surface area contributed by atoms with Crippen molar-refractivity contribution in [1.82, 2.24) is 10.6 Å². The van der Waals surface area contributed by atoms with Gasteiger partial charge in [0.2, 0.25) is 0 Å². The Morgan fingerprint density at radius 2 is 1.85 bits per heavy atom. The van der Waals surface area contributed by atoms with Gasteiger partial charge in [0.15, 0.2) is 5.96 Å². The van der Waals surface area contributed by atoms with Crippen molar-refractivity contribution in [1.29, 1.82) is 0 Å². The first-order valence-electron chi connectivity index (χ1n) is 9.07. The predicted octanol–water partition coefficient (Wildman–Crippen LogP) is 3.97. The lowest BCUT2D eigenvalue weighted by atomic mass is 9.93. The molecule has 2 aromatic carbocycles. The molecule has 0 spiro atoms. The maximum atomic E-state index is 5.73. The fraction of sp³-hybridized carbons (Fsp3) is 0.381. The highest BCUT2D eigenvalue weighted by molar-refractivity contribution is 14.0. The highest BCUT2D eigenvalue weighted by Crippen LogP contribution is 2.32. The molecule has 1 heterocycles. The summed E-state index contributed by atoms with van der Waals surface area (Å²) < 4.78 is 5.73. The Kier molecular flexibility index (Phi) is 8.74. The van der Waals surface area contributed by atoms with Crippen LogP contribution in [0.4, 0.5) is 0 Å². The minimum atomic E-state index is 0. The summed E-state index contributed by atoms with van der Waals surface area (Å²) in [6, 6.07) is 18.9. The molecule has 2 N–H and O–H groups in total. The summed E-state index contributed by atoms with van der Waals surface area (Å²) in [6.07, 6.45) is 3.21. The Hall–Kier alpha value is -1.76. The summed E-state index contributed by atoms with van der Waals surface area (Å²) in [6.45, 7) is 2.57. The molecule has 3 rings (SSSR count). The number of aliphatic imine (C=N–C) groups is 1. The summed E-state index contributed by atoms with van der Waals surface area (Å²) in [7, 11) is 1.82. The lowest BCUT2D eigenvalue weighted by Crippen LogP contribution is -2.40. The van der Waals surface area contributed by atoms with Gasteiger partial charge in [0.25, 0.3) is 0 Å². The Morgan fingerprint density at radius 3 is 2.65 bits per heavy atom. The van der Waals surface area contributed by atoms with E-state index in [-0.39, 0.29) is 24.0 Å². The van der Waals surface area contributed by atoms with Crippen LogP contribution < -0.4 is 15.4 Å². The molecule has 1 unspecified atom stereocenters. The number of hydrogen-bond acceptors (Lipinski definition) is 2. The Balaban J connectivity index is 0.00000243. The van der Waals surface area contributed by atoms with E-state index in [1.54, 1.807) is 0 Å². The molecule has 0 amide bonds. The molecule has 0 aromatic heterocycles. The third-order valence-electron chi connectivity index (χ3n) is 4.60. The van der Waals surface area contributed by atoms with Gasteiger partial charge in [-0.25, -0.2) is 0 Å². The van der Waals surface area contributed by atoms with Gasteiger partial charge in [-0.05, 0) is 36.5 Å². The minimum absolute atomic E-state index is 0. The zero-order valence-electron chi connectivity index (χ0n) is 15.3. The molecule has 140 valence electrons. The minimum Gasteiger partial charge on any atom is -0.493 e. The van der Waals surface area contributed by atoms with Gasteiger partial charge < -0.3 is 15.4 Å². The van der Waals surface area contributed by atoms with Crippen molar-refractivity contribution in [3.8, 4) is 5.75 Å². The van der Waals surface area contributed by atoms with E-state index in [0.29, 0.717) is 5.92 Å². The molecule has 0 saturated heterocycles. The van der Waals surface area contributed by atoms with Crippen LogP contribution in [0.3, 0.4) is 0 Å². The second kappa shape index (κ2) is 11.1. The monoisotopic (exact) mass is 465 g/mol. The average Bonchev–Trinajstić information content (AvgIpc) is 2.68. The summed E-state index contributed by atoms with van der Waals surface area (Å²) in [5.74, 6) is 2.36. The number of aryl methyl sites for hydroxylation is 1. The lowest BCUT2D eigenvalue weighted by Gasteiger charge is -2.26. The van der Waals surface area contributed by atoms with E-state index in [1.807, 2.05) is 13.1 Å². The van der Waals surface area contributed by atoms with Gasteiger partial charge in [0.1, 0.15) is 5.75 Å². The first kappa shape index (κ1) is 20.6. The molecule has 1 aliphatic rings. The molecule has 0 radical (unpaired) electrons. The van der Waals surface area contributed by atoms with Gasteiger partial charge in [-0.15, -0.1) is 24.0 Å². The second-order valence-electron chi connectivity index (χ2n) is 6.34. The Morgan fingerprint density at radius 1 is 1.08 bits per heavy atom. The van der Waals surface area contributed by atoms with E-state index in [1.165, 1.54) is 11.1 Å². The topological polar surface area (TPSA) is 45.7 Å². The van der Waals surface area contributed by atoms with E-state index in [9.17, 15) is 0 Å². The molecule has 1 aliphatic heterocycles. The van der Waals surface area contributed by atoms with Crippen molar-refractivity contribution in [2.45, 2.75) is 25.2 Å². The Bertz CT molecular complexity index is 691. The zero-order chi connectivity index (χ0) is 17.3. The van der Waals surface area contributed by atoms with Crippen molar-refractivity contribution in [2.24, 2.45) is 4.99 Å². The largest absolute Gasteiger partial charge is 0.493 e. The van der Waals surface area contributed by atoms with Gasteiger partial charge in [-0.1, -0.05) is 48.5 Å². The molecule has 0 bridgehead atoms. The SMILES string of the molecule is CN=C(NCCCc1ccccc1)NCC1CCOc2ccccc21.I. The van der Waals surface area contributed by atoms with Crippen molar-refractivity contribution >= 4 is 29.9 Å². The summed E-state index contributed by atoms with van der Waals surface area (Å²) in [5, 5.41) is 6.87. The third kappa shape index (κ3) is 5.90. The molecule has 0 saturated carbocycles. The molecule has 4 nitrogen and oxygen atoms in total. The number of hydrogen-bond donors (Lipinski definition) is 2. The Labute approximate surface area is 173 Å². The van der Waals surface area contributed by atoms with Crippen molar-refractivity contribution < 1.29 is 4.74 Å². The molecule has 26 heavy (non-hydrogen) atoms. The van der Waals surface area contributed by atoms with Crippen LogP contribution in [0.15, 0.2) is 59.6 Å². The smallest absolute Gasteiger partial charge is 0.190 e. The van der Waals surface area contributed by atoms with Crippen LogP contribution in [-0.2, 0) is 6.42 Å². The maximum Gasteiger partial charge on any atom is 0.190 e. The van der Waals surface area contributed by atoms with Crippen LogP contribution in [0.5, 0.6) is 5.75 Å². The number of rotatable bonds is 6. The standard InChI is InChI=1S/C21H27N3O.HI/c1-22-21(23-14-7-10-17-8-3-2-4-9-17)24-16-18-13-15-25-20-12-6-5-11-19(18)20;/h2-6,8-9,11-12,18H,7,10,13-16H2,1H3,(H2,22,23,24);1H. The van der Waals surface area contributed by atoms with Crippen molar-refractivity contribution in [3.05, 3.63) is 65.7 Å². The zero-order valence-corrected chi connectivity index (χ0v) is 17.6. The van der Waals surface area contributed by atoms with Gasteiger partial charge >= 0.3 is 0 Å². The molecule has 0 aliphatic carbocycles. The van der Waals surface area contributed by atoms with Crippen molar-refractivity contribution in [3.63, 3.8) is 0 Å². The summed E-state index contributed by atoms with van der Waals surface area (Å²) >= 11 is 0. The molecule has 1 atom stereocenters. The highest BCUT2D eigenvalue weighted by atomic mass is 127. The summed E-state index contributed by atoms with van der Waals surface area (Å²) in [4.78, 5) is 4.34. The number of nitrogens with one attached hydrogen (secondary N) is 2. The maximum absolute atomic E-state index is 5.73. The van der Waals surface area contributed by atoms with E-state index >= 15 is 0 Å². The van der Waals surface area contributed by atoms with Crippen LogP contribution in [-0.4, -0.2) is 32.7 Å². The molecule has 2 aromatic rings. The first-order valence-corrected chi connectivity index (χ1v) is 9.07. The van der Waals surface area contributed by atoms with Gasteiger partial charge in [-0.3, -0.25) is 4.99 Å². The number of nitrogens with zero attached hydrogens (tertiary/aromatic N) is 1. The first-order chi connectivity index (χ1) is 12.4. The van der Waals surface area contributed by atoms with Crippen LogP contribution in [0.25, 0.3) is 0 Å². The van der Waals surface area contributed by atoms with Crippen molar-refractivity contribution in [2.75, 3.05) is 26.7 Å². The van der Waals surface area contributed by atoms with Gasteiger partial charge in [0.05, 0.1) is 6.61 Å². The molecular weight excluding hydrogens is 437 g/mol. The number of guanidine groups is 1. The number of ether oxygens (including phenoxy) is 1. The normalized spacial score (nSPS) is 16.0. The van der Waals surface area contributed by atoms with Crippen LogP contribution in [0, 0.1) is 0 Å². The number of halogens is 1. The fourth-order valence-electron chi connectivity index (χ4n) is 3.21. The number of benzene rings is 2. The number of para-hydroxylation sites is 1.